The van der Waals surface area contributed by atoms with Crippen LogP contribution in [-0.4, -0.2) is 30.0 Å². The SMILES string of the molecule is C[C@H](NC(=O)C(F)(F)c1cc(F)cc(F)c1)C(=O)N=CC(=O)Nc1ccccc1. The number of hydrogen-bond acceptors (Lipinski definition) is 3. The van der Waals surface area contributed by atoms with Gasteiger partial charge in [0.2, 0.25) is 0 Å². The maximum Gasteiger partial charge on any atom is 0.349 e. The molecular weight excluding hydrogens is 394 g/mol. The summed E-state index contributed by atoms with van der Waals surface area (Å²) in [5.74, 6) is -10.7. The summed E-state index contributed by atoms with van der Waals surface area (Å²) in [5.41, 5.74) is -0.766. The van der Waals surface area contributed by atoms with Crippen molar-refractivity contribution in [3.05, 3.63) is 65.7 Å². The highest BCUT2D eigenvalue weighted by Gasteiger charge is 2.42. The van der Waals surface area contributed by atoms with Crippen molar-refractivity contribution in [2.24, 2.45) is 4.99 Å². The van der Waals surface area contributed by atoms with Crippen LogP contribution < -0.4 is 10.6 Å². The van der Waals surface area contributed by atoms with E-state index < -0.39 is 46.9 Å². The van der Waals surface area contributed by atoms with E-state index in [9.17, 15) is 31.9 Å². The summed E-state index contributed by atoms with van der Waals surface area (Å²) in [4.78, 5) is 38.6. The van der Waals surface area contributed by atoms with Crippen LogP contribution in [0, 0.1) is 11.6 Å². The Morgan fingerprint density at radius 3 is 2.21 bits per heavy atom. The molecule has 0 aliphatic rings. The maximum absolute atomic E-state index is 14.1. The van der Waals surface area contributed by atoms with E-state index in [-0.39, 0.29) is 0 Å². The second-order valence-electron chi connectivity index (χ2n) is 5.88. The molecule has 0 aromatic heterocycles. The van der Waals surface area contributed by atoms with Crippen molar-refractivity contribution in [3.63, 3.8) is 0 Å². The molecule has 0 radical (unpaired) electrons. The van der Waals surface area contributed by atoms with Gasteiger partial charge in [0.15, 0.2) is 0 Å². The van der Waals surface area contributed by atoms with Crippen LogP contribution in [0.1, 0.15) is 12.5 Å². The van der Waals surface area contributed by atoms with Gasteiger partial charge in [-0.05, 0) is 31.2 Å². The molecule has 1 atom stereocenters. The number of halogens is 4. The van der Waals surface area contributed by atoms with Gasteiger partial charge in [0.05, 0.1) is 6.21 Å². The van der Waals surface area contributed by atoms with Crippen molar-refractivity contribution in [2.45, 2.75) is 18.9 Å². The molecule has 0 spiro atoms. The Labute approximate surface area is 162 Å². The average molecular weight is 409 g/mol. The van der Waals surface area contributed by atoms with Crippen LogP contribution in [0.3, 0.4) is 0 Å². The highest BCUT2D eigenvalue weighted by atomic mass is 19.3. The fourth-order valence-electron chi connectivity index (χ4n) is 2.15. The monoisotopic (exact) mass is 409 g/mol. The maximum atomic E-state index is 14.1. The number of benzene rings is 2. The first kappa shape index (κ1) is 21.7. The first-order valence-electron chi connectivity index (χ1n) is 8.19. The number of nitrogens with one attached hydrogen (secondary N) is 2. The highest BCUT2D eigenvalue weighted by molar-refractivity contribution is 6.33. The number of rotatable bonds is 6. The molecule has 29 heavy (non-hydrogen) atoms. The van der Waals surface area contributed by atoms with Crippen molar-refractivity contribution < 1.29 is 31.9 Å². The largest absolute Gasteiger partial charge is 0.349 e. The van der Waals surface area contributed by atoms with E-state index in [1.54, 1.807) is 35.6 Å². The van der Waals surface area contributed by atoms with Crippen molar-refractivity contribution in [2.75, 3.05) is 5.32 Å². The lowest BCUT2D eigenvalue weighted by Gasteiger charge is -2.18. The van der Waals surface area contributed by atoms with Gasteiger partial charge in [-0.2, -0.15) is 8.78 Å². The van der Waals surface area contributed by atoms with Crippen LogP contribution in [0.4, 0.5) is 23.2 Å². The Balaban J connectivity index is 1.98. The van der Waals surface area contributed by atoms with Crippen molar-refractivity contribution in [1.82, 2.24) is 5.32 Å². The Kier molecular flexibility index (Phi) is 6.81. The van der Waals surface area contributed by atoms with Crippen LogP contribution in [0.25, 0.3) is 0 Å². The minimum absolute atomic E-state index is 0.307. The molecule has 0 saturated heterocycles. The number of alkyl halides is 2. The first-order valence-corrected chi connectivity index (χ1v) is 8.19. The van der Waals surface area contributed by atoms with Gasteiger partial charge in [0, 0.05) is 17.3 Å². The van der Waals surface area contributed by atoms with E-state index in [1.807, 2.05) is 0 Å². The number of hydrogen-bond donors (Lipinski definition) is 2. The number of aliphatic imine (C=N–C) groups is 1. The minimum Gasteiger partial charge on any atom is -0.339 e. The quantitative estimate of drug-likeness (QED) is 0.568. The Hall–Kier alpha value is -3.56. The van der Waals surface area contributed by atoms with Crippen molar-refractivity contribution >= 4 is 29.6 Å². The number of nitrogens with zero attached hydrogens (tertiary/aromatic N) is 1. The molecule has 6 nitrogen and oxygen atoms in total. The summed E-state index contributed by atoms with van der Waals surface area (Å²) in [6, 6.07) is 7.71. The summed E-state index contributed by atoms with van der Waals surface area (Å²) in [5, 5.41) is 4.12. The summed E-state index contributed by atoms with van der Waals surface area (Å²) < 4.78 is 54.5. The predicted molar refractivity (Wildman–Crippen MR) is 96.4 cm³/mol. The Morgan fingerprint density at radius 1 is 1.03 bits per heavy atom. The van der Waals surface area contributed by atoms with E-state index in [1.165, 1.54) is 0 Å². The van der Waals surface area contributed by atoms with Gasteiger partial charge in [0.1, 0.15) is 17.7 Å². The summed E-state index contributed by atoms with van der Waals surface area (Å²) in [6.07, 6.45) is 0.637. The van der Waals surface area contributed by atoms with Gasteiger partial charge in [0.25, 0.3) is 17.7 Å². The van der Waals surface area contributed by atoms with Crippen LogP contribution >= 0.6 is 0 Å². The van der Waals surface area contributed by atoms with E-state index >= 15 is 0 Å². The molecule has 2 aromatic carbocycles. The van der Waals surface area contributed by atoms with Gasteiger partial charge in [-0.25, -0.2) is 13.8 Å². The lowest BCUT2D eigenvalue weighted by Crippen LogP contribution is -2.45. The third kappa shape index (κ3) is 5.96. The summed E-state index contributed by atoms with van der Waals surface area (Å²) in [7, 11) is 0. The molecule has 10 heteroatoms. The predicted octanol–water partition coefficient (Wildman–Crippen LogP) is 2.80. The molecule has 2 rings (SSSR count). The number of carbonyl (C=O) groups is 3. The van der Waals surface area contributed by atoms with Crippen LogP contribution in [0.5, 0.6) is 0 Å². The molecule has 0 fully saturated rings. The zero-order valence-electron chi connectivity index (χ0n) is 15.0. The van der Waals surface area contributed by atoms with E-state index in [0.717, 1.165) is 6.92 Å². The van der Waals surface area contributed by atoms with Crippen LogP contribution in [0.2, 0.25) is 0 Å². The fraction of sp³-hybridized carbons (Fsp3) is 0.158. The molecule has 152 valence electrons. The standard InChI is InChI=1S/C19H15F4N3O3/c1-11(17(28)24-10-16(27)26-15-5-3-2-4-6-15)25-18(29)19(22,23)12-7-13(20)9-14(21)8-12/h2-11H,1H3,(H,25,29)(H,26,27)/t11-/m0/s1. The van der Waals surface area contributed by atoms with Crippen molar-refractivity contribution in [3.8, 4) is 0 Å². The molecule has 0 bridgehead atoms. The minimum atomic E-state index is -4.30. The topological polar surface area (TPSA) is 87.6 Å². The van der Waals surface area contributed by atoms with Crippen molar-refractivity contribution in [1.29, 1.82) is 0 Å². The number of anilines is 1. The van der Waals surface area contributed by atoms with Gasteiger partial charge < -0.3 is 10.6 Å². The number of carbonyl (C=O) groups excluding carboxylic acids is 3. The van der Waals surface area contributed by atoms with E-state index in [4.69, 9.17) is 0 Å². The molecule has 0 aliphatic carbocycles. The van der Waals surface area contributed by atoms with Crippen LogP contribution in [0.15, 0.2) is 53.5 Å². The zero-order chi connectivity index (χ0) is 21.6. The lowest BCUT2D eigenvalue weighted by molar-refractivity contribution is -0.148. The molecule has 2 N–H and O–H groups in total. The van der Waals surface area contributed by atoms with Gasteiger partial charge in [-0.3, -0.25) is 14.4 Å². The fourth-order valence-corrected chi connectivity index (χ4v) is 2.15. The normalized spacial score (nSPS) is 12.4. The van der Waals surface area contributed by atoms with Gasteiger partial charge in [-0.1, -0.05) is 18.2 Å². The third-order valence-electron chi connectivity index (χ3n) is 3.58. The Morgan fingerprint density at radius 2 is 1.62 bits per heavy atom. The summed E-state index contributed by atoms with van der Waals surface area (Å²) in [6.45, 7) is 1.06. The molecule has 0 aliphatic heterocycles. The molecular formula is C19H15F4N3O3. The smallest absolute Gasteiger partial charge is 0.339 e. The molecule has 0 heterocycles. The zero-order valence-corrected chi connectivity index (χ0v) is 15.0. The second-order valence-corrected chi connectivity index (χ2v) is 5.88. The molecule has 0 saturated carbocycles. The van der Waals surface area contributed by atoms with E-state index in [0.29, 0.717) is 30.1 Å². The van der Waals surface area contributed by atoms with Gasteiger partial charge in [-0.15, -0.1) is 0 Å². The third-order valence-corrected chi connectivity index (χ3v) is 3.58. The second kappa shape index (κ2) is 9.09. The first-order chi connectivity index (χ1) is 13.6. The molecule has 3 amide bonds. The van der Waals surface area contributed by atoms with E-state index in [2.05, 4.69) is 10.3 Å². The molecule has 0 unspecified atom stereocenters. The average Bonchev–Trinajstić information content (AvgIpc) is 2.66. The van der Waals surface area contributed by atoms with Gasteiger partial charge >= 0.3 is 5.92 Å². The summed E-state index contributed by atoms with van der Waals surface area (Å²) >= 11 is 0. The Bertz CT molecular complexity index is 929. The highest BCUT2D eigenvalue weighted by Crippen LogP contribution is 2.29. The number of para-hydroxylation sites is 1. The molecule has 2 aromatic rings. The van der Waals surface area contributed by atoms with Crippen LogP contribution in [-0.2, 0) is 20.3 Å². The number of amides is 3. The lowest BCUT2D eigenvalue weighted by atomic mass is 10.1.